The van der Waals surface area contributed by atoms with Crippen LogP contribution in [0.2, 0.25) is 0 Å². The van der Waals surface area contributed by atoms with Gasteiger partial charge >= 0.3 is 5.97 Å². The van der Waals surface area contributed by atoms with Crippen LogP contribution >= 0.6 is 11.8 Å². The fraction of sp³-hybridized carbons (Fsp3) is 0.308. The van der Waals surface area contributed by atoms with Crippen LogP contribution in [0.15, 0.2) is 24.3 Å². The van der Waals surface area contributed by atoms with Gasteiger partial charge < -0.3 is 9.84 Å². The molecule has 2 amide bonds. The zero-order valence-electron chi connectivity index (χ0n) is 10.6. The lowest BCUT2D eigenvalue weighted by Crippen LogP contribution is -2.40. The maximum atomic E-state index is 11.6. The van der Waals surface area contributed by atoms with Crippen LogP contribution in [0.1, 0.15) is 16.8 Å². The Morgan fingerprint density at radius 1 is 1.35 bits per heavy atom. The van der Waals surface area contributed by atoms with E-state index in [4.69, 9.17) is 9.84 Å². The van der Waals surface area contributed by atoms with E-state index >= 15 is 0 Å². The first-order valence-corrected chi connectivity index (χ1v) is 7.00. The summed E-state index contributed by atoms with van der Waals surface area (Å²) in [7, 11) is 0. The van der Waals surface area contributed by atoms with E-state index in [2.05, 4.69) is 0 Å². The molecule has 1 heterocycles. The topological polar surface area (TPSA) is 83.9 Å². The summed E-state index contributed by atoms with van der Waals surface area (Å²) in [5, 5.41) is 8.71. The average Bonchev–Trinajstić information content (AvgIpc) is 2.42. The Kier molecular flexibility index (Phi) is 4.62. The van der Waals surface area contributed by atoms with E-state index in [1.165, 1.54) is 12.1 Å². The molecule has 0 atom stereocenters. The lowest BCUT2D eigenvalue weighted by molar-refractivity contribution is -0.127. The molecular weight excluding hydrogens is 282 g/mol. The van der Waals surface area contributed by atoms with Crippen LogP contribution in [0.4, 0.5) is 4.79 Å². The molecule has 1 aliphatic heterocycles. The molecule has 1 fully saturated rings. The summed E-state index contributed by atoms with van der Waals surface area (Å²) in [6, 6.07) is 6.24. The third-order valence-corrected chi connectivity index (χ3v) is 3.63. The van der Waals surface area contributed by atoms with Crippen LogP contribution in [0, 0.1) is 0 Å². The van der Waals surface area contributed by atoms with Crippen molar-refractivity contribution in [1.29, 1.82) is 0 Å². The van der Waals surface area contributed by atoms with Gasteiger partial charge in [0.15, 0.2) is 0 Å². The van der Waals surface area contributed by atoms with Crippen LogP contribution in [0.3, 0.4) is 0 Å². The molecule has 2 rings (SSSR count). The number of carbonyl (C=O) groups is 3. The molecule has 0 aromatic heterocycles. The summed E-state index contributed by atoms with van der Waals surface area (Å²) in [5.74, 6) is -0.564. The molecule has 0 bridgehead atoms. The van der Waals surface area contributed by atoms with Crippen molar-refractivity contribution < 1.29 is 24.2 Å². The molecule has 20 heavy (non-hydrogen) atoms. The zero-order chi connectivity index (χ0) is 14.5. The highest BCUT2D eigenvalue weighted by Gasteiger charge is 2.26. The van der Waals surface area contributed by atoms with Gasteiger partial charge in [0, 0.05) is 12.2 Å². The van der Waals surface area contributed by atoms with Crippen LogP contribution < -0.4 is 4.74 Å². The summed E-state index contributed by atoms with van der Waals surface area (Å²) in [5.41, 5.74) is 0.0539. The summed E-state index contributed by atoms with van der Waals surface area (Å²) < 4.78 is 5.36. The first-order valence-electron chi connectivity index (χ1n) is 6.02. The fourth-order valence-corrected chi connectivity index (χ4v) is 2.57. The van der Waals surface area contributed by atoms with Crippen molar-refractivity contribution in [3.63, 3.8) is 0 Å². The predicted molar refractivity (Wildman–Crippen MR) is 73.1 cm³/mol. The van der Waals surface area contributed by atoms with Crippen molar-refractivity contribution >= 4 is 28.9 Å². The highest BCUT2D eigenvalue weighted by atomic mass is 32.2. The summed E-state index contributed by atoms with van der Waals surface area (Å²) in [6.45, 7) is 0.195. The van der Waals surface area contributed by atoms with Crippen LogP contribution in [-0.2, 0) is 4.79 Å². The minimum atomic E-state index is -1.08. The number of aromatic carboxylic acids is 1. The molecule has 1 saturated heterocycles. The molecule has 106 valence electrons. The minimum absolute atomic E-state index is 0.0539. The SMILES string of the molecule is O=C(O)c1ccccc1OCCN1C(=O)CCSC1=O. The Bertz CT molecular complexity index is 529. The zero-order valence-corrected chi connectivity index (χ0v) is 11.4. The second-order valence-corrected chi connectivity index (χ2v) is 5.11. The quantitative estimate of drug-likeness (QED) is 0.892. The van der Waals surface area contributed by atoms with E-state index in [-0.39, 0.29) is 35.6 Å². The molecule has 1 aliphatic rings. The average molecular weight is 295 g/mol. The molecule has 1 N–H and O–H groups in total. The van der Waals surface area contributed by atoms with Gasteiger partial charge in [0.05, 0.1) is 6.54 Å². The van der Waals surface area contributed by atoms with E-state index in [0.717, 1.165) is 16.7 Å². The molecule has 0 saturated carbocycles. The number of ether oxygens (including phenoxy) is 1. The molecule has 0 unspecified atom stereocenters. The molecule has 6 nitrogen and oxygen atoms in total. The lowest BCUT2D eigenvalue weighted by atomic mass is 10.2. The summed E-state index contributed by atoms with van der Waals surface area (Å²) >= 11 is 1.10. The highest BCUT2D eigenvalue weighted by molar-refractivity contribution is 8.13. The molecule has 1 aromatic carbocycles. The van der Waals surface area contributed by atoms with E-state index < -0.39 is 5.97 Å². The van der Waals surface area contributed by atoms with Crippen molar-refractivity contribution in [3.8, 4) is 5.75 Å². The maximum Gasteiger partial charge on any atom is 0.339 e. The van der Waals surface area contributed by atoms with E-state index in [0.29, 0.717) is 12.2 Å². The van der Waals surface area contributed by atoms with Crippen LogP contribution in [0.25, 0.3) is 0 Å². The maximum absolute atomic E-state index is 11.6. The number of para-hydroxylation sites is 1. The number of rotatable bonds is 5. The van der Waals surface area contributed by atoms with Gasteiger partial charge in [-0.3, -0.25) is 14.5 Å². The van der Waals surface area contributed by atoms with Gasteiger partial charge in [-0.05, 0) is 12.1 Å². The van der Waals surface area contributed by atoms with Gasteiger partial charge in [-0.15, -0.1) is 0 Å². The standard InChI is InChI=1S/C13H13NO5S/c15-11-5-8-20-13(18)14(11)6-7-19-10-4-2-1-3-9(10)12(16)17/h1-4H,5-8H2,(H,16,17). The van der Waals surface area contributed by atoms with Gasteiger partial charge in [-0.2, -0.15) is 0 Å². The Balaban J connectivity index is 1.94. The number of hydrogen-bond acceptors (Lipinski definition) is 5. The number of thioether (sulfide) groups is 1. The van der Waals surface area contributed by atoms with Gasteiger partial charge in [-0.25, -0.2) is 4.79 Å². The third-order valence-electron chi connectivity index (χ3n) is 2.75. The Hall–Kier alpha value is -2.02. The van der Waals surface area contributed by atoms with Crippen molar-refractivity contribution in [2.45, 2.75) is 6.42 Å². The van der Waals surface area contributed by atoms with E-state index in [1.54, 1.807) is 12.1 Å². The smallest absolute Gasteiger partial charge is 0.339 e. The fourth-order valence-electron chi connectivity index (χ4n) is 1.77. The Morgan fingerprint density at radius 2 is 2.10 bits per heavy atom. The minimum Gasteiger partial charge on any atom is -0.491 e. The Labute approximate surface area is 119 Å². The number of imide groups is 1. The number of benzene rings is 1. The number of amides is 2. The highest BCUT2D eigenvalue weighted by Crippen LogP contribution is 2.20. The van der Waals surface area contributed by atoms with Crippen molar-refractivity contribution in [1.82, 2.24) is 4.90 Å². The summed E-state index contributed by atoms with van der Waals surface area (Å²) in [4.78, 5) is 35.2. The van der Waals surface area contributed by atoms with Crippen LogP contribution in [0.5, 0.6) is 5.75 Å². The van der Waals surface area contributed by atoms with Gasteiger partial charge in [0.1, 0.15) is 17.9 Å². The lowest BCUT2D eigenvalue weighted by Gasteiger charge is -2.24. The predicted octanol–water partition coefficient (Wildman–Crippen LogP) is 1.85. The van der Waals surface area contributed by atoms with E-state index in [9.17, 15) is 14.4 Å². The molecule has 1 aromatic rings. The van der Waals surface area contributed by atoms with Gasteiger partial charge in [-0.1, -0.05) is 23.9 Å². The number of carbonyl (C=O) groups excluding carboxylic acids is 2. The molecule has 0 aliphatic carbocycles. The summed E-state index contributed by atoms with van der Waals surface area (Å²) in [6.07, 6.45) is 0.335. The van der Waals surface area contributed by atoms with E-state index in [1.807, 2.05) is 0 Å². The molecule has 0 radical (unpaired) electrons. The number of hydrogen-bond donors (Lipinski definition) is 1. The van der Waals surface area contributed by atoms with Crippen molar-refractivity contribution in [3.05, 3.63) is 29.8 Å². The molecular formula is C13H13NO5S. The van der Waals surface area contributed by atoms with Gasteiger partial charge in [0.25, 0.3) is 5.24 Å². The molecule has 7 heteroatoms. The van der Waals surface area contributed by atoms with Crippen molar-refractivity contribution in [2.24, 2.45) is 0 Å². The Morgan fingerprint density at radius 3 is 2.80 bits per heavy atom. The third kappa shape index (κ3) is 3.30. The van der Waals surface area contributed by atoms with Gasteiger partial charge in [0.2, 0.25) is 5.91 Å². The van der Waals surface area contributed by atoms with Crippen molar-refractivity contribution in [2.75, 3.05) is 18.9 Å². The number of carboxylic acid groups (broad SMARTS) is 1. The monoisotopic (exact) mass is 295 g/mol. The largest absolute Gasteiger partial charge is 0.491 e. The molecule has 0 spiro atoms. The first kappa shape index (κ1) is 14.4. The first-order chi connectivity index (χ1) is 9.59. The number of carboxylic acids is 1. The number of nitrogens with zero attached hydrogens (tertiary/aromatic N) is 1. The second kappa shape index (κ2) is 6.42. The second-order valence-electron chi connectivity index (χ2n) is 4.06. The van der Waals surface area contributed by atoms with Crippen LogP contribution in [-0.4, -0.2) is 46.0 Å². The normalized spacial score (nSPS) is 15.3.